The Hall–Kier alpha value is -1.56. The fourth-order valence-corrected chi connectivity index (χ4v) is 0.767. The highest BCUT2D eigenvalue weighted by molar-refractivity contribution is 6.28. The number of aromatic nitrogens is 1. The second kappa shape index (κ2) is 4.61. The summed E-state index contributed by atoms with van der Waals surface area (Å²) < 4.78 is 4.82. The lowest BCUT2D eigenvalue weighted by atomic mass is 10.6. The first-order chi connectivity index (χ1) is 6.61. The van der Waals surface area contributed by atoms with Crippen LogP contribution in [0.15, 0.2) is 10.7 Å². The number of amides is 3. The second-order valence-electron chi connectivity index (χ2n) is 2.43. The van der Waals surface area contributed by atoms with Crippen molar-refractivity contribution in [2.75, 3.05) is 11.2 Å². The number of nitrogens with zero attached hydrogens (tertiary/aromatic N) is 1. The van der Waals surface area contributed by atoms with Crippen LogP contribution in [0.3, 0.4) is 0 Å². The van der Waals surface area contributed by atoms with E-state index < -0.39 is 11.9 Å². The van der Waals surface area contributed by atoms with Gasteiger partial charge in [0, 0.05) is 0 Å². The number of alkyl halides is 1. The van der Waals surface area contributed by atoms with E-state index in [2.05, 4.69) is 10.3 Å². The number of carbonyl (C=O) groups is 2. The quantitative estimate of drug-likeness (QED) is 0.720. The smallest absolute Gasteiger partial charge is 0.329 e. The van der Waals surface area contributed by atoms with Crippen LogP contribution in [0.1, 0.15) is 5.69 Å². The topological polar surface area (TPSA) is 84.2 Å². The third-order valence-electron chi connectivity index (χ3n) is 1.21. The van der Waals surface area contributed by atoms with Gasteiger partial charge in [-0.3, -0.25) is 15.4 Å². The Balaban J connectivity index is 2.45. The van der Waals surface area contributed by atoms with Crippen molar-refractivity contribution >= 4 is 29.6 Å². The standard InChI is InChI=1S/C7H8ClN3O3/c1-4-3-14-7(9-4)11-6(13)10-5(12)2-8/h3H,2H2,1H3,(H2,9,10,11,12,13). The molecule has 1 heterocycles. The molecule has 0 fully saturated rings. The normalized spacial score (nSPS) is 9.57. The molecule has 3 amide bonds. The van der Waals surface area contributed by atoms with Gasteiger partial charge in [-0.05, 0) is 6.92 Å². The van der Waals surface area contributed by atoms with Crippen molar-refractivity contribution in [3.05, 3.63) is 12.0 Å². The Labute approximate surface area is 84.6 Å². The lowest BCUT2D eigenvalue weighted by molar-refractivity contribution is -0.117. The van der Waals surface area contributed by atoms with E-state index in [1.54, 1.807) is 6.92 Å². The predicted molar refractivity (Wildman–Crippen MR) is 49.1 cm³/mol. The van der Waals surface area contributed by atoms with Gasteiger partial charge in [0.15, 0.2) is 0 Å². The Morgan fingerprint density at radius 2 is 2.36 bits per heavy atom. The zero-order valence-electron chi connectivity index (χ0n) is 7.33. The van der Waals surface area contributed by atoms with Gasteiger partial charge in [-0.1, -0.05) is 0 Å². The van der Waals surface area contributed by atoms with E-state index in [4.69, 9.17) is 16.0 Å². The summed E-state index contributed by atoms with van der Waals surface area (Å²) in [6.45, 7) is 1.70. The monoisotopic (exact) mass is 217 g/mol. The fraction of sp³-hybridized carbons (Fsp3) is 0.286. The van der Waals surface area contributed by atoms with Crippen molar-refractivity contribution in [3.63, 3.8) is 0 Å². The van der Waals surface area contributed by atoms with Gasteiger partial charge in [0.25, 0.3) is 0 Å². The molecular weight excluding hydrogens is 210 g/mol. The number of rotatable bonds is 2. The van der Waals surface area contributed by atoms with Crippen LogP contribution in [0.5, 0.6) is 0 Å². The summed E-state index contributed by atoms with van der Waals surface area (Å²) >= 11 is 5.17. The highest BCUT2D eigenvalue weighted by Gasteiger charge is 2.08. The zero-order valence-corrected chi connectivity index (χ0v) is 8.09. The van der Waals surface area contributed by atoms with Crippen LogP contribution in [0, 0.1) is 6.92 Å². The van der Waals surface area contributed by atoms with Crippen molar-refractivity contribution in [1.29, 1.82) is 0 Å². The molecule has 0 aliphatic heterocycles. The predicted octanol–water partition coefficient (Wildman–Crippen LogP) is 0.870. The molecule has 0 bridgehead atoms. The van der Waals surface area contributed by atoms with Crippen molar-refractivity contribution in [1.82, 2.24) is 10.3 Å². The highest BCUT2D eigenvalue weighted by Crippen LogP contribution is 2.04. The lowest BCUT2D eigenvalue weighted by Gasteiger charge is -2.00. The Kier molecular flexibility index (Phi) is 3.47. The van der Waals surface area contributed by atoms with E-state index in [1.807, 2.05) is 5.32 Å². The first-order valence-electron chi connectivity index (χ1n) is 3.70. The number of nitrogens with one attached hydrogen (secondary N) is 2. The number of oxazole rings is 1. The molecule has 0 saturated heterocycles. The molecule has 0 spiro atoms. The molecule has 0 saturated carbocycles. The number of anilines is 1. The Bertz CT molecular complexity index is 350. The number of hydrogen-bond acceptors (Lipinski definition) is 4. The molecule has 0 aromatic carbocycles. The van der Waals surface area contributed by atoms with Gasteiger partial charge in [0.1, 0.15) is 12.1 Å². The molecule has 0 aliphatic rings. The molecule has 7 heteroatoms. The van der Waals surface area contributed by atoms with Crippen molar-refractivity contribution in [2.24, 2.45) is 0 Å². The molecule has 76 valence electrons. The van der Waals surface area contributed by atoms with Gasteiger partial charge in [0.05, 0.1) is 5.69 Å². The number of carbonyl (C=O) groups excluding carboxylic acids is 2. The summed E-state index contributed by atoms with van der Waals surface area (Å²) in [5.74, 6) is -0.870. The Morgan fingerprint density at radius 1 is 1.64 bits per heavy atom. The van der Waals surface area contributed by atoms with Crippen molar-refractivity contribution in [2.45, 2.75) is 6.92 Å². The first kappa shape index (κ1) is 10.5. The molecule has 0 radical (unpaired) electrons. The van der Waals surface area contributed by atoms with E-state index in [0.717, 1.165) is 0 Å². The summed E-state index contributed by atoms with van der Waals surface area (Å²) in [4.78, 5) is 25.5. The van der Waals surface area contributed by atoms with E-state index in [1.165, 1.54) is 6.26 Å². The van der Waals surface area contributed by atoms with Crippen molar-refractivity contribution < 1.29 is 14.0 Å². The molecule has 14 heavy (non-hydrogen) atoms. The summed E-state index contributed by atoms with van der Waals surface area (Å²) in [6.07, 6.45) is 1.37. The minimum atomic E-state index is -0.725. The van der Waals surface area contributed by atoms with Crippen LogP contribution in [-0.4, -0.2) is 22.8 Å². The molecule has 0 unspecified atom stereocenters. The number of urea groups is 1. The van der Waals surface area contributed by atoms with E-state index in [0.29, 0.717) is 5.69 Å². The Morgan fingerprint density at radius 3 is 2.86 bits per heavy atom. The van der Waals surface area contributed by atoms with E-state index in [-0.39, 0.29) is 11.9 Å². The summed E-state index contributed by atoms with van der Waals surface area (Å²) in [5, 5.41) is 4.19. The molecule has 0 aliphatic carbocycles. The van der Waals surface area contributed by atoms with E-state index in [9.17, 15) is 9.59 Å². The molecule has 2 N–H and O–H groups in total. The van der Waals surface area contributed by atoms with Gasteiger partial charge in [-0.2, -0.15) is 4.98 Å². The number of halogens is 1. The minimum Gasteiger partial charge on any atom is -0.432 e. The summed E-state index contributed by atoms with van der Waals surface area (Å²) in [6, 6.07) is -0.695. The average Bonchev–Trinajstić information content (AvgIpc) is 2.50. The maximum atomic E-state index is 11.0. The zero-order chi connectivity index (χ0) is 10.6. The number of hydrogen-bond donors (Lipinski definition) is 2. The maximum absolute atomic E-state index is 11.0. The van der Waals surface area contributed by atoms with Crippen LogP contribution in [-0.2, 0) is 4.79 Å². The fourth-order valence-electron chi connectivity index (χ4n) is 0.700. The van der Waals surface area contributed by atoms with Crippen LogP contribution < -0.4 is 10.6 Å². The average molecular weight is 218 g/mol. The van der Waals surface area contributed by atoms with Crippen LogP contribution in [0.2, 0.25) is 0 Å². The SMILES string of the molecule is Cc1coc(NC(=O)NC(=O)CCl)n1. The largest absolute Gasteiger partial charge is 0.432 e. The number of aryl methyl sites for hydroxylation is 1. The number of imide groups is 1. The molecule has 1 aromatic heterocycles. The maximum Gasteiger partial charge on any atom is 0.329 e. The van der Waals surface area contributed by atoms with Crippen LogP contribution >= 0.6 is 11.6 Å². The third kappa shape index (κ3) is 3.06. The van der Waals surface area contributed by atoms with Gasteiger partial charge in [-0.25, -0.2) is 4.79 Å². The molecule has 6 nitrogen and oxygen atoms in total. The van der Waals surface area contributed by atoms with Gasteiger partial charge < -0.3 is 4.42 Å². The second-order valence-corrected chi connectivity index (χ2v) is 2.70. The molecule has 1 aromatic rings. The molecule has 0 atom stereocenters. The van der Waals surface area contributed by atoms with E-state index >= 15 is 0 Å². The molecular formula is C7H8ClN3O3. The van der Waals surface area contributed by atoms with Gasteiger partial charge in [-0.15, -0.1) is 11.6 Å². The van der Waals surface area contributed by atoms with Gasteiger partial charge in [0.2, 0.25) is 5.91 Å². The first-order valence-corrected chi connectivity index (χ1v) is 4.24. The van der Waals surface area contributed by atoms with Gasteiger partial charge >= 0.3 is 12.0 Å². The summed E-state index contributed by atoms with van der Waals surface area (Å²) in [5.41, 5.74) is 0.629. The van der Waals surface area contributed by atoms with Crippen LogP contribution in [0.25, 0.3) is 0 Å². The highest BCUT2D eigenvalue weighted by atomic mass is 35.5. The summed E-state index contributed by atoms with van der Waals surface area (Å²) in [7, 11) is 0. The van der Waals surface area contributed by atoms with Crippen LogP contribution in [0.4, 0.5) is 10.8 Å². The van der Waals surface area contributed by atoms with Crippen molar-refractivity contribution in [3.8, 4) is 0 Å². The minimum absolute atomic E-state index is 0.0300. The molecule has 1 rings (SSSR count). The third-order valence-corrected chi connectivity index (χ3v) is 1.46. The lowest BCUT2D eigenvalue weighted by Crippen LogP contribution is -2.35.